The number of anilines is 1. The number of amides is 1. The SMILES string of the molecule is COc1ccc([C@H]2[C@@H](C(=O)O)n3cccc3C(=O)N2c2ccc(OC)cc2)cc1. The van der Waals surface area contributed by atoms with Crippen LogP contribution in [0.1, 0.15) is 28.1 Å². The Balaban J connectivity index is 1.90. The van der Waals surface area contributed by atoms with Crippen molar-refractivity contribution in [2.75, 3.05) is 19.1 Å². The zero-order valence-electron chi connectivity index (χ0n) is 16.0. The molecule has 7 nitrogen and oxygen atoms in total. The zero-order valence-corrected chi connectivity index (χ0v) is 16.0. The summed E-state index contributed by atoms with van der Waals surface area (Å²) in [5.74, 6) is 0.0190. The van der Waals surface area contributed by atoms with Crippen LogP contribution in [0.4, 0.5) is 5.69 Å². The van der Waals surface area contributed by atoms with Crippen molar-refractivity contribution in [1.29, 1.82) is 0 Å². The van der Waals surface area contributed by atoms with Crippen LogP contribution in [0.15, 0.2) is 66.9 Å². The number of carboxylic acids is 1. The summed E-state index contributed by atoms with van der Waals surface area (Å²) in [5.41, 5.74) is 1.62. The fraction of sp³-hybridized carbons (Fsp3) is 0.182. The summed E-state index contributed by atoms with van der Waals surface area (Å²) in [4.78, 5) is 27.2. The number of carbonyl (C=O) groups is 2. The first-order valence-electron chi connectivity index (χ1n) is 9.06. The van der Waals surface area contributed by atoms with E-state index in [-0.39, 0.29) is 5.91 Å². The molecule has 1 aliphatic rings. The minimum absolute atomic E-state index is 0.265. The molecule has 3 aromatic rings. The van der Waals surface area contributed by atoms with E-state index in [0.29, 0.717) is 28.4 Å². The molecule has 1 aliphatic heterocycles. The molecule has 1 amide bonds. The smallest absolute Gasteiger partial charge is 0.329 e. The van der Waals surface area contributed by atoms with Gasteiger partial charge in [-0.15, -0.1) is 0 Å². The molecule has 4 rings (SSSR count). The average molecular weight is 392 g/mol. The van der Waals surface area contributed by atoms with Gasteiger partial charge in [0.05, 0.1) is 20.3 Å². The van der Waals surface area contributed by atoms with Crippen LogP contribution in [-0.2, 0) is 4.79 Å². The van der Waals surface area contributed by atoms with E-state index in [0.717, 1.165) is 0 Å². The molecule has 0 unspecified atom stereocenters. The highest BCUT2D eigenvalue weighted by Gasteiger charge is 2.44. The van der Waals surface area contributed by atoms with Gasteiger partial charge < -0.3 is 19.1 Å². The number of carboxylic acid groups (broad SMARTS) is 1. The van der Waals surface area contributed by atoms with Gasteiger partial charge in [-0.1, -0.05) is 12.1 Å². The topological polar surface area (TPSA) is 81.0 Å². The van der Waals surface area contributed by atoms with Gasteiger partial charge in [-0.3, -0.25) is 9.69 Å². The van der Waals surface area contributed by atoms with Crippen LogP contribution in [0.2, 0.25) is 0 Å². The number of ether oxygens (including phenoxy) is 2. The lowest BCUT2D eigenvalue weighted by atomic mass is 9.93. The number of fused-ring (bicyclic) bond motifs is 1. The number of carbonyl (C=O) groups excluding carboxylic acids is 1. The van der Waals surface area contributed by atoms with E-state index >= 15 is 0 Å². The summed E-state index contributed by atoms with van der Waals surface area (Å²) in [6.07, 6.45) is 1.63. The maximum absolute atomic E-state index is 13.4. The Hall–Kier alpha value is -3.74. The number of benzene rings is 2. The van der Waals surface area contributed by atoms with E-state index in [2.05, 4.69) is 0 Å². The minimum Gasteiger partial charge on any atom is -0.497 e. The summed E-state index contributed by atoms with van der Waals surface area (Å²) in [6.45, 7) is 0. The Bertz CT molecular complexity index is 1040. The maximum atomic E-state index is 13.4. The van der Waals surface area contributed by atoms with Crippen molar-refractivity contribution >= 4 is 17.6 Å². The Morgan fingerprint density at radius 1 is 0.931 bits per heavy atom. The first-order chi connectivity index (χ1) is 14.0. The summed E-state index contributed by atoms with van der Waals surface area (Å²) in [6, 6.07) is 15.7. The molecule has 1 aromatic heterocycles. The summed E-state index contributed by atoms with van der Waals surface area (Å²) in [7, 11) is 3.13. The van der Waals surface area contributed by atoms with E-state index in [1.54, 1.807) is 81.1 Å². The van der Waals surface area contributed by atoms with Crippen molar-refractivity contribution < 1.29 is 24.2 Å². The molecule has 1 N–H and O–H groups in total. The second-order valence-electron chi connectivity index (χ2n) is 6.67. The molecule has 0 saturated heterocycles. The summed E-state index contributed by atoms with van der Waals surface area (Å²) < 4.78 is 12.0. The molecule has 0 fully saturated rings. The lowest BCUT2D eigenvalue weighted by molar-refractivity contribution is -0.141. The molecule has 29 heavy (non-hydrogen) atoms. The Morgan fingerprint density at radius 3 is 2.07 bits per heavy atom. The highest BCUT2D eigenvalue weighted by molar-refractivity contribution is 6.07. The second kappa shape index (κ2) is 7.35. The summed E-state index contributed by atoms with van der Waals surface area (Å²) in [5, 5.41) is 10.1. The molecule has 0 radical (unpaired) electrons. The van der Waals surface area contributed by atoms with Crippen LogP contribution >= 0.6 is 0 Å². The Kier molecular flexibility index (Phi) is 4.72. The third kappa shape index (κ3) is 3.10. The lowest BCUT2D eigenvalue weighted by Crippen LogP contribution is -2.47. The van der Waals surface area contributed by atoms with Crippen LogP contribution in [0.3, 0.4) is 0 Å². The van der Waals surface area contributed by atoms with Crippen molar-refractivity contribution in [3.63, 3.8) is 0 Å². The predicted octanol–water partition coefficient (Wildman–Crippen LogP) is 3.53. The second-order valence-corrected chi connectivity index (χ2v) is 6.67. The van der Waals surface area contributed by atoms with Crippen LogP contribution < -0.4 is 14.4 Å². The normalized spacial score (nSPS) is 18.3. The van der Waals surface area contributed by atoms with Crippen molar-refractivity contribution in [2.45, 2.75) is 12.1 Å². The molecule has 2 atom stereocenters. The molecule has 2 aromatic carbocycles. The van der Waals surface area contributed by atoms with Gasteiger partial charge in [0.1, 0.15) is 17.2 Å². The number of aliphatic carboxylic acids is 1. The fourth-order valence-electron chi connectivity index (χ4n) is 3.77. The minimum atomic E-state index is -1.02. The van der Waals surface area contributed by atoms with Gasteiger partial charge >= 0.3 is 5.97 Å². The van der Waals surface area contributed by atoms with Crippen molar-refractivity contribution in [1.82, 2.24) is 4.57 Å². The van der Waals surface area contributed by atoms with Gasteiger partial charge in [0.15, 0.2) is 6.04 Å². The molecule has 0 saturated carbocycles. The van der Waals surface area contributed by atoms with E-state index in [1.807, 2.05) is 0 Å². The Morgan fingerprint density at radius 2 is 1.52 bits per heavy atom. The van der Waals surface area contributed by atoms with Gasteiger partial charge in [0, 0.05) is 11.9 Å². The summed E-state index contributed by atoms with van der Waals surface area (Å²) >= 11 is 0. The molecular weight excluding hydrogens is 372 g/mol. The van der Waals surface area contributed by atoms with Gasteiger partial charge in [-0.25, -0.2) is 4.79 Å². The third-order valence-electron chi connectivity index (χ3n) is 5.15. The third-order valence-corrected chi connectivity index (χ3v) is 5.15. The average Bonchev–Trinajstić information content (AvgIpc) is 3.23. The molecule has 148 valence electrons. The largest absolute Gasteiger partial charge is 0.497 e. The van der Waals surface area contributed by atoms with Gasteiger partial charge in [0.2, 0.25) is 0 Å². The van der Waals surface area contributed by atoms with E-state index < -0.39 is 18.1 Å². The standard InChI is InChI=1S/C22H20N2O5/c1-28-16-9-5-14(6-10-16)19-20(22(26)27)23-13-3-4-18(23)21(25)24(19)15-7-11-17(29-2)12-8-15/h3-13,19-20H,1-2H3,(H,26,27)/t19-,20-/m0/s1. The molecule has 0 spiro atoms. The first kappa shape index (κ1) is 18.6. The van der Waals surface area contributed by atoms with E-state index in [1.165, 1.54) is 9.47 Å². The molecule has 0 bridgehead atoms. The molecule has 7 heteroatoms. The maximum Gasteiger partial charge on any atom is 0.329 e. The Labute approximate surface area is 167 Å². The van der Waals surface area contributed by atoms with Crippen LogP contribution in [-0.4, -0.2) is 35.8 Å². The van der Waals surface area contributed by atoms with Gasteiger partial charge in [-0.05, 0) is 54.1 Å². The van der Waals surface area contributed by atoms with Crippen LogP contribution in [0.5, 0.6) is 11.5 Å². The van der Waals surface area contributed by atoms with E-state index in [4.69, 9.17) is 9.47 Å². The molecule has 0 aliphatic carbocycles. The predicted molar refractivity (Wildman–Crippen MR) is 107 cm³/mol. The van der Waals surface area contributed by atoms with Crippen LogP contribution in [0.25, 0.3) is 0 Å². The fourth-order valence-corrected chi connectivity index (χ4v) is 3.77. The lowest BCUT2D eigenvalue weighted by Gasteiger charge is -2.41. The van der Waals surface area contributed by atoms with Gasteiger partial charge in [0.25, 0.3) is 5.91 Å². The highest BCUT2D eigenvalue weighted by atomic mass is 16.5. The van der Waals surface area contributed by atoms with Gasteiger partial charge in [-0.2, -0.15) is 0 Å². The van der Waals surface area contributed by atoms with Crippen LogP contribution in [0, 0.1) is 0 Å². The number of nitrogens with zero attached hydrogens (tertiary/aromatic N) is 2. The molecule has 2 heterocycles. The monoisotopic (exact) mass is 392 g/mol. The number of hydrogen-bond acceptors (Lipinski definition) is 4. The van der Waals surface area contributed by atoms with Crippen molar-refractivity contribution in [3.8, 4) is 11.5 Å². The van der Waals surface area contributed by atoms with Crippen molar-refractivity contribution in [2.24, 2.45) is 0 Å². The zero-order chi connectivity index (χ0) is 20.5. The quantitative estimate of drug-likeness (QED) is 0.718. The number of hydrogen-bond donors (Lipinski definition) is 1. The number of methoxy groups -OCH3 is 2. The molecular formula is C22H20N2O5. The number of aromatic nitrogens is 1. The number of rotatable bonds is 5. The van der Waals surface area contributed by atoms with Crippen molar-refractivity contribution in [3.05, 3.63) is 78.1 Å². The highest BCUT2D eigenvalue weighted by Crippen LogP contribution is 2.42. The van der Waals surface area contributed by atoms with E-state index in [9.17, 15) is 14.7 Å². The first-order valence-corrected chi connectivity index (χ1v) is 9.06.